The van der Waals surface area contributed by atoms with Crippen LogP contribution in [0, 0.1) is 6.92 Å². The summed E-state index contributed by atoms with van der Waals surface area (Å²) in [6, 6.07) is 5.62. The minimum Gasteiger partial charge on any atom is -0.441 e. The zero-order valence-electron chi connectivity index (χ0n) is 9.39. The van der Waals surface area contributed by atoms with Crippen LogP contribution in [0.15, 0.2) is 27.5 Å². The van der Waals surface area contributed by atoms with Crippen molar-refractivity contribution in [2.45, 2.75) is 6.92 Å². The zero-order chi connectivity index (χ0) is 12.7. The topological polar surface area (TPSA) is 55.1 Å². The van der Waals surface area contributed by atoms with Crippen LogP contribution < -0.4 is 5.32 Å². The van der Waals surface area contributed by atoms with Gasteiger partial charge in [0.1, 0.15) is 9.84 Å². The molecule has 18 heavy (non-hydrogen) atoms. The Kier molecular flexibility index (Phi) is 2.68. The number of thiocarbonyl (C=S) groups is 1. The van der Waals surface area contributed by atoms with E-state index in [4.69, 9.17) is 16.6 Å². The first-order valence-corrected chi connectivity index (χ1v) is 6.46. The minimum atomic E-state index is -0.154. The number of carbonyl (C=O) groups is 1. The molecule has 2 heterocycles. The Morgan fingerprint density at radius 1 is 1.50 bits per heavy atom. The first-order chi connectivity index (χ1) is 8.61. The summed E-state index contributed by atoms with van der Waals surface area (Å²) >= 11 is 6.20. The highest BCUT2D eigenvalue weighted by Gasteiger charge is 2.21. The molecule has 0 atom stereocenters. The number of hydrogen-bond acceptors (Lipinski definition) is 5. The van der Waals surface area contributed by atoms with E-state index in [9.17, 15) is 4.79 Å². The van der Waals surface area contributed by atoms with Gasteiger partial charge in [-0.2, -0.15) is 0 Å². The Hall–Kier alpha value is -1.66. The lowest BCUT2D eigenvalue weighted by molar-refractivity contribution is -0.115. The van der Waals surface area contributed by atoms with Crippen molar-refractivity contribution in [1.82, 2.24) is 10.3 Å². The molecule has 6 heteroatoms. The number of carbonyl (C=O) groups excluding carboxylic acids is 1. The van der Waals surface area contributed by atoms with Gasteiger partial charge in [0.05, 0.1) is 4.91 Å². The highest BCUT2D eigenvalue weighted by molar-refractivity contribution is 8.26. The third kappa shape index (κ3) is 2.04. The van der Waals surface area contributed by atoms with Crippen molar-refractivity contribution in [2.75, 3.05) is 0 Å². The first kappa shape index (κ1) is 11.4. The van der Waals surface area contributed by atoms with Gasteiger partial charge in [-0.05, 0) is 23.8 Å². The molecule has 3 rings (SSSR count). The van der Waals surface area contributed by atoms with Crippen molar-refractivity contribution < 1.29 is 9.21 Å². The molecule has 2 aromatic rings. The average Bonchev–Trinajstić information content (AvgIpc) is 2.80. The summed E-state index contributed by atoms with van der Waals surface area (Å²) in [6.45, 7) is 1.80. The molecule has 1 saturated heterocycles. The van der Waals surface area contributed by atoms with E-state index in [1.54, 1.807) is 13.0 Å². The molecule has 1 aliphatic heterocycles. The number of rotatable bonds is 1. The fourth-order valence-electron chi connectivity index (χ4n) is 1.72. The molecule has 4 nitrogen and oxygen atoms in total. The minimum absolute atomic E-state index is 0.154. The lowest BCUT2D eigenvalue weighted by Crippen LogP contribution is -2.17. The fraction of sp³-hybridized carbons (Fsp3) is 0.0833. The average molecular weight is 276 g/mol. The van der Waals surface area contributed by atoms with E-state index in [0.717, 1.165) is 11.1 Å². The Labute approximate surface area is 112 Å². The van der Waals surface area contributed by atoms with Gasteiger partial charge < -0.3 is 9.73 Å². The van der Waals surface area contributed by atoms with Crippen molar-refractivity contribution in [2.24, 2.45) is 0 Å². The van der Waals surface area contributed by atoms with Gasteiger partial charge in [0, 0.05) is 6.92 Å². The normalized spacial score (nSPS) is 17.7. The Balaban J connectivity index is 2.02. The van der Waals surface area contributed by atoms with Crippen molar-refractivity contribution in [3.8, 4) is 0 Å². The summed E-state index contributed by atoms with van der Waals surface area (Å²) in [5, 5.41) is 2.58. The van der Waals surface area contributed by atoms with Gasteiger partial charge in [0.15, 0.2) is 11.5 Å². The molecule has 1 fully saturated rings. The monoisotopic (exact) mass is 276 g/mol. The van der Waals surface area contributed by atoms with Crippen LogP contribution in [-0.2, 0) is 4.79 Å². The summed E-state index contributed by atoms with van der Waals surface area (Å²) < 4.78 is 5.94. The van der Waals surface area contributed by atoms with Crippen LogP contribution in [0.5, 0.6) is 0 Å². The van der Waals surface area contributed by atoms with Crippen LogP contribution in [-0.4, -0.2) is 15.2 Å². The van der Waals surface area contributed by atoms with Crippen LogP contribution in [0.25, 0.3) is 17.2 Å². The predicted octanol–water partition coefficient (Wildman–Crippen LogP) is 2.63. The third-order valence-corrected chi connectivity index (χ3v) is 3.62. The van der Waals surface area contributed by atoms with E-state index < -0.39 is 0 Å². The lowest BCUT2D eigenvalue weighted by atomic mass is 10.2. The maximum Gasteiger partial charge on any atom is 0.263 e. The van der Waals surface area contributed by atoms with Crippen LogP contribution >= 0.6 is 24.0 Å². The van der Waals surface area contributed by atoms with Crippen LogP contribution in [0.1, 0.15) is 11.5 Å². The Morgan fingerprint density at radius 2 is 2.33 bits per heavy atom. The molecule has 1 aromatic carbocycles. The maximum absolute atomic E-state index is 11.5. The standard InChI is InChI=1S/C12H8N2O2S2/c1-6-13-8-3-2-7(4-9(8)16-6)5-10-11(15)14-12(17)18-10/h2-5H,1H3,(H,14,15,17)/b10-5-. The van der Waals surface area contributed by atoms with Gasteiger partial charge in [-0.25, -0.2) is 4.98 Å². The molecular formula is C12H8N2O2S2. The number of nitrogens with zero attached hydrogens (tertiary/aromatic N) is 1. The number of aryl methyl sites for hydroxylation is 1. The smallest absolute Gasteiger partial charge is 0.263 e. The van der Waals surface area contributed by atoms with E-state index in [1.165, 1.54) is 11.8 Å². The molecule has 1 aromatic heterocycles. The van der Waals surface area contributed by atoms with E-state index in [0.29, 0.717) is 20.7 Å². The van der Waals surface area contributed by atoms with Crippen molar-refractivity contribution in [3.63, 3.8) is 0 Å². The number of oxazole rings is 1. The van der Waals surface area contributed by atoms with Crippen LogP contribution in [0.2, 0.25) is 0 Å². The molecule has 0 unspecified atom stereocenters. The molecule has 0 saturated carbocycles. The van der Waals surface area contributed by atoms with Crippen molar-refractivity contribution >= 4 is 51.4 Å². The molecule has 0 aliphatic carbocycles. The van der Waals surface area contributed by atoms with Gasteiger partial charge in [0.25, 0.3) is 5.91 Å². The molecule has 1 N–H and O–H groups in total. The number of thioether (sulfide) groups is 1. The molecule has 0 bridgehead atoms. The number of aromatic nitrogens is 1. The van der Waals surface area contributed by atoms with E-state index >= 15 is 0 Å². The van der Waals surface area contributed by atoms with Crippen molar-refractivity contribution in [1.29, 1.82) is 0 Å². The van der Waals surface area contributed by atoms with E-state index in [-0.39, 0.29) is 5.91 Å². The second-order valence-corrected chi connectivity index (χ2v) is 5.53. The first-order valence-electron chi connectivity index (χ1n) is 5.24. The zero-order valence-corrected chi connectivity index (χ0v) is 11.0. The quantitative estimate of drug-likeness (QED) is 0.641. The van der Waals surface area contributed by atoms with Crippen LogP contribution in [0.4, 0.5) is 0 Å². The van der Waals surface area contributed by atoms with Crippen LogP contribution in [0.3, 0.4) is 0 Å². The molecule has 1 amide bonds. The highest BCUT2D eigenvalue weighted by Crippen LogP contribution is 2.27. The second kappa shape index (κ2) is 4.22. The fourth-order valence-corrected chi connectivity index (χ4v) is 2.76. The number of amides is 1. The third-order valence-electron chi connectivity index (χ3n) is 2.46. The van der Waals surface area contributed by atoms with Crippen molar-refractivity contribution in [3.05, 3.63) is 34.6 Å². The largest absolute Gasteiger partial charge is 0.441 e. The molecular weight excluding hydrogens is 268 g/mol. The van der Waals surface area contributed by atoms with Gasteiger partial charge in [0.2, 0.25) is 0 Å². The summed E-state index contributed by atoms with van der Waals surface area (Å²) in [5.74, 6) is 0.475. The Morgan fingerprint density at radius 3 is 3.06 bits per heavy atom. The molecule has 0 spiro atoms. The predicted molar refractivity (Wildman–Crippen MR) is 75.1 cm³/mol. The maximum atomic E-state index is 11.5. The number of hydrogen-bond donors (Lipinski definition) is 1. The second-order valence-electron chi connectivity index (χ2n) is 3.81. The number of fused-ring (bicyclic) bond motifs is 1. The Bertz CT molecular complexity index is 703. The lowest BCUT2D eigenvalue weighted by Gasteiger charge is -1.94. The molecule has 90 valence electrons. The van der Waals surface area contributed by atoms with Gasteiger partial charge in [-0.3, -0.25) is 4.79 Å². The summed E-state index contributed by atoms with van der Waals surface area (Å²) in [7, 11) is 0. The van der Waals surface area contributed by atoms with E-state index in [2.05, 4.69) is 10.3 Å². The van der Waals surface area contributed by atoms with Gasteiger partial charge in [-0.1, -0.05) is 30.0 Å². The number of benzene rings is 1. The summed E-state index contributed by atoms with van der Waals surface area (Å²) in [5.41, 5.74) is 2.42. The van der Waals surface area contributed by atoms with E-state index in [1.807, 2.05) is 18.2 Å². The number of nitrogens with one attached hydrogen (secondary N) is 1. The molecule has 1 aliphatic rings. The highest BCUT2D eigenvalue weighted by atomic mass is 32.2. The SMILES string of the molecule is Cc1nc2ccc(/C=C3\SC(=S)NC3=O)cc2o1. The summed E-state index contributed by atoms with van der Waals surface area (Å²) in [4.78, 5) is 16.3. The van der Waals surface area contributed by atoms with Gasteiger partial charge >= 0.3 is 0 Å². The molecule has 0 radical (unpaired) electrons. The van der Waals surface area contributed by atoms with Gasteiger partial charge in [-0.15, -0.1) is 0 Å². The summed E-state index contributed by atoms with van der Waals surface area (Å²) in [6.07, 6.45) is 1.79.